The van der Waals surface area contributed by atoms with Crippen molar-refractivity contribution in [3.05, 3.63) is 25.3 Å². The van der Waals surface area contributed by atoms with E-state index in [1.165, 1.54) is 4.90 Å². The predicted molar refractivity (Wildman–Crippen MR) is 54.9 cm³/mol. The van der Waals surface area contributed by atoms with Gasteiger partial charge < -0.3 is 14.9 Å². The Morgan fingerprint density at radius 1 is 1.29 bits per heavy atom. The molecule has 0 aromatic rings. The first-order valence-electron chi connectivity index (χ1n) is 4.09. The van der Waals surface area contributed by atoms with E-state index >= 15 is 0 Å². The number of rotatable bonds is 7. The SMILES string of the molecule is C=CCN(CC=C)C(O)CP(=O)(O)O. The molecule has 0 aromatic heterocycles. The Bertz CT molecular complexity index is 227. The molecule has 0 rings (SSSR count). The van der Waals surface area contributed by atoms with E-state index in [1.807, 2.05) is 0 Å². The van der Waals surface area contributed by atoms with E-state index in [9.17, 15) is 9.67 Å². The van der Waals surface area contributed by atoms with Crippen LogP contribution in [0.4, 0.5) is 0 Å². The third-order valence-electron chi connectivity index (χ3n) is 1.55. The lowest BCUT2D eigenvalue weighted by molar-refractivity contribution is 0.0349. The van der Waals surface area contributed by atoms with Crippen LogP contribution < -0.4 is 0 Å². The van der Waals surface area contributed by atoms with Gasteiger partial charge in [0.2, 0.25) is 0 Å². The summed E-state index contributed by atoms with van der Waals surface area (Å²) in [4.78, 5) is 18.7. The summed E-state index contributed by atoms with van der Waals surface area (Å²) in [7, 11) is -4.18. The van der Waals surface area contributed by atoms with Crippen LogP contribution in [0.3, 0.4) is 0 Å². The summed E-state index contributed by atoms with van der Waals surface area (Å²) in [5.41, 5.74) is 0. The van der Waals surface area contributed by atoms with Crippen LogP contribution in [0.2, 0.25) is 0 Å². The minimum Gasteiger partial charge on any atom is -0.378 e. The Morgan fingerprint density at radius 2 is 1.71 bits per heavy atom. The van der Waals surface area contributed by atoms with Crippen LogP contribution in [0.5, 0.6) is 0 Å². The Balaban J connectivity index is 4.27. The third kappa shape index (κ3) is 6.07. The number of hydrogen-bond donors (Lipinski definition) is 3. The summed E-state index contributed by atoms with van der Waals surface area (Å²) in [6, 6.07) is 0. The molecule has 0 aromatic carbocycles. The fraction of sp³-hybridized carbons (Fsp3) is 0.500. The van der Waals surface area contributed by atoms with E-state index in [4.69, 9.17) is 9.79 Å². The number of aliphatic hydroxyl groups excluding tert-OH is 1. The van der Waals surface area contributed by atoms with Crippen LogP contribution in [-0.4, -0.2) is 45.3 Å². The summed E-state index contributed by atoms with van der Waals surface area (Å²) < 4.78 is 10.6. The number of hydrogen-bond acceptors (Lipinski definition) is 3. The van der Waals surface area contributed by atoms with E-state index in [2.05, 4.69) is 13.2 Å². The van der Waals surface area contributed by atoms with Crippen LogP contribution >= 0.6 is 7.60 Å². The van der Waals surface area contributed by atoms with Gasteiger partial charge >= 0.3 is 7.60 Å². The monoisotopic (exact) mass is 221 g/mol. The summed E-state index contributed by atoms with van der Waals surface area (Å²) in [6.07, 6.45) is 1.35. The molecule has 0 bridgehead atoms. The van der Waals surface area contributed by atoms with Crippen molar-refractivity contribution >= 4 is 7.60 Å². The largest absolute Gasteiger partial charge is 0.378 e. The summed E-state index contributed by atoms with van der Waals surface area (Å²) in [6.45, 7) is 7.67. The average molecular weight is 221 g/mol. The molecular weight excluding hydrogens is 205 g/mol. The zero-order valence-electron chi connectivity index (χ0n) is 7.91. The maximum absolute atomic E-state index is 10.6. The molecule has 0 amide bonds. The van der Waals surface area contributed by atoms with Gasteiger partial charge in [0.05, 0.1) is 6.16 Å². The molecule has 0 aliphatic carbocycles. The molecule has 0 saturated carbocycles. The summed E-state index contributed by atoms with van der Waals surface area (Å²) in [5.74, 6) is 0. The van der Waals surface area contributed by atoms with Gasteiger partial charge in [0.1, 0.15) is 6.23 Å². The van der Waals surface area contributed by atoms with Gasteiger partial charge in [-0.3, -0.25) is 9.46 Å². The van der Waals surface area contributed by atoms with Gasteiger partial charge in [0.15, 0.2) is 0 Å². The molecule has 0 spiro atoms. The van der Waals surface area contributed by atoms with Gasteiger partial charge in [-0.1, -0.05) is 12.2 Å². The standard InChI is InChI=1S/C8H16NO4P/c1-3-5-9(6-4-2)8(10)7-14(11,12)13/h3-4,8,10H,1-2,5-7H2,(H2,11,12,13). The van der Waals surface area contributed by atoms with Crippen molar-refractivity contribution in [2.75, 3.05) is 19.3 Å². The van der Waals surface area contributed by atoms with Crippen molar-refractivity contribution in [3.8, 4) is 0 Å². The minimum atomic E-state index is -4.18. The van der Waals surface area contributed by atoms with Crippen molar-refractivity contribution in [2.24, 2.45) is 0 Å². The van der Waals surface area contributed by atoms with Gasteiger partial charge in [-0.05, 0) is 0 Å². The molecule has 6 heteroatoms. The van der Waals surface area contributed by atoms with Crippen molar-refractivity contribution in [3.63, 3.8) is 0 Å². The number of aliphatic hydroxyl groups is 1. The molecule has 0 aliphatic rings. The minimum absolute atomic E-state index is 0.354. The highest BCUT2D eigenvalue weighted by molar-refractivity contribution is 7.51. The van der Waals surface area contributed by atoms with Crippen LogP contribution in [0.1, 0.15) is 0 Å². The van der Waals surface area contributed by atoms with Gasteiger partial charge in [-0.15, -0.1) is 13.2 Å². The lowest BCUT2D eigenvalue weighted by Gasteiger charge is -2.25. The highest BCUT2D eigenvalue weighted by Gasteiger charge is 2.23. The van der Waals surface area contributed by atoms with E-state index < -0.39 is 20.0 Å². The molecule has 1 atom stereocenters. The molecular formula is C8H16NO4P. The fourth-order valence-corrected chi connectivity index (χ4v) is 1.63. The molecule has 14 heavy (non-hydrogen) atoms. The topological polar surface area (TPSA) is 81.0 Å². The zero-order chi connectivity index (χ0) is 11.2. The van der Waals surface area contributed by atoms with Crippen molar-refractivity contribution in [2.45, 2.75) is 6.23 Å². The van der Waals surface area contributed by atoms with Gasteiger partial charge in [-0.25, -0.2) is 0 Å². The zero-order valence-corrected chi connectivity index (χ0v) is 8.81. The van der Waals surface area contributed by atoms with Crippen LogP contribution in [-0.2, 0) is 4.57 Å². The molecule has 5 nitrogen and oxygen atoms in total. The molecule has 0 fully saturated rings. The van der Waals surface area contributed by atoms with Gasteiger partial charge in [0, 0.05) is 13.1 Å². The third-order valence-corrected chi connectivity index (χ3v) is 2.35. The van der Waals surface area contributed by atoms with Crippen LogP contribution in [0, 0.1) is 0 Å². The van der Waals surface area contributed by atoms with E-state index in [0.717, 1.165) is 0 Å². The Kier molecular flexibility index (Phi) is 5.92. The van der Waals surface area contributed by atoms with E-state index in [1.54, 1.807) is 12.2 Å². The normalized spacial score (nSPS) is 14.0. The Labute approximate surface area is 83.5 Å². The highest BCUT2D eigenvalue weighted by Crippen LogP contribution is 2.35. The Hall–Kier alpha value is -0.450. The lowest BCUT2D eigenvalue weighted by atomic mass is 10.4. The second-order valence-electron chi connectivity index (χ2n) is 2.86. The summed E-state index contributed by atoms with van der Waals surface area (Å²) >= 11 is 0. The highest BCUT2D eigenvalue weighted by atomic mass is 31.2. The Morgan fingerprint density at radius 3 is 2.00 bits per heavy atom. The fourth-order valence-electron chi connectivity index (χ4n) is 0.978. The van der Waals surface area contributed by atoms with Crippen molar-refractivity contribution < 1.29 is 19.5 Å². The molecule has 82 valence electrons. The molecule has 3 N–H and O–H groups in total. The second-order valence-corrected chi connectivity index (χ2v) is 4.55. The van der Waals surface area contributed by atoms with Crippen LogP contribution in [0.15, 0.2) is 25.3 Å². The number of nitrogens with zero attached hydrogens (tertiary/aromatic N) is 1. The molecule has 1 unspecified atom stereocenters. The summed E-state index contributed by atoms with van der Waals surface area (Å²) in [5, 5.41) is 9.44. The lowest BCUT2D eigenvalue weighted by Crippen LogP contribution is -2.37. The molecule has 0 heterocycles. The maximum atomic E-state index is 10.6. The average Bonchev–Trinajstić information content (AvgIpc) is 2.01. The molecule has 0 saturated heterocycles. The van der Waals surface area contributed by atoms with E-state index in [-0.39, 0.29) is 0 Å². The predicted octanol–water partition coefficient (Wildman–Crippen LogP) is 0.156. The van der Waals surface area contributed by atoms with Crippen LogP contribution in [0.25, 0.3) is 0 Å². The van der Waals surface area contributed by atoms with Gasteiger partial charge in [-0.2, -0.15) is 0 Å². The van der Waals surface area contributed by atoms with E-state index in [0.29, 0.717) is 13.1 Å². The molecule has 0 radical (unpaired) electrons. The quantitative estimate of drug-likeness (QED) is 0.324. The maximum Gasteiger partial charge on any atom is 0.329 e. The first-order valence-corrected chi connectivity index (χ1v) is 5.89. The first kappa shape index (κ1) is 13.5. The smallest absolute Gasteiger partial charge is 0.329 e. The van der Waals surface area contributed by atoms with Gasteiger partial charge in [0.25, 0.3) is 0 Å². The van der Waals surface area contributed by atoms with Crippen molar-refractivity contribution in [1.29, 1.82) is 0 Å². The molecule has 0 aliphatic heterocycles. The first-order chi connectivity index (χ1) is 6.40. The second kappa shape index (κ2) is 6.11. The van der Waals surface area contributed by atoms with Crippen molar-refractivity contribution in [1.82, 2.24) is 4.90 Å².